The highest BCUT2D eigenvalue weighted by Gasteiger charge is 2.22. The van der Waals surface area contributed by atoms with Crippen LogP contribution < -0.4 is 0 Å². The fraction of sp³-hybridized carbons (Fsp3) is 0. The number of thiophene rings is 1. The number of rotatable bonds is 5. The Kier molecular flexibility index (Phi) is 7.41. The molecule has 9 aromatic carbocycles. The van der Waals surface area contributed by atoms with Crippen molar-refractivity contribution in [1.29, 1.82) is 0 Å². The first kappa shape index (κ1) is 34.0. The van der Waals surface area contributed by atoms with E-state index in [2.05, 4.69) is 168 Å². The van der Waals surface area contributed by atoms with Gasteiger partial charge in [-0.15, -0.1) is 11.3 Å². The molecule has 6 heteroatoms. The van der Waals surface area contributed by atoms with Crippen molar-refractivity contribution in [3.63, 3.8) is 0 Å². The minimum atomic E-state index is 0.594. The zero-order valence-corrected chi connectivity index (χ0v) is 33.4. The molecule has 0 saturated carbocycles. The molecule has 13 aromatic rings. The number of hydrogen-bond donors (Lipinski definition) is 0. The normalized spacial score (nSPS) is 11.9. The number of benzene rings is 9. The van der Waals surface area contributed by atoms with Crippen LogP contribution in [0.15, 0.2) is 199 Å². The van der Waals surface area contributed by atoms with Crippen LogP contribution >= 0.6 is 11.3 Å². The summed E-state index contributed by atoms with van der Waals surface area (Å²) < 4.78 is 11.7. The van der Waals surface area contributed by atoms with E-state index in [4.69, 9.17) is 19.4 Å². The van der Waals surface area contributed by atoms with E-state index >= 15 is 0 Å². The third kappa shape index (κ3) is 5.36. The van der Waals surface area contributed by atoms with Crippen molar-refractivity contribution >= 4 is 86.0 Å². The Hall–Kier alpha value is -7.93. The van der Waals surface area contributed by atoms with Crippen molar-refractivity contribution in [1.82, 2.24) is 19.5 Å². The van der Waals surface area contributed by atoms with E-state index in [0.717, 1.165) is 66.5 Å². The molecule has 0 N–H and O–H groups in total. The number of aromatic nitrogens is 4. The van der Waals surface area contributed by atoms with Gasteiger partial charge in [0.25, 0.3) is 0 Å². The second-order valence-electron chi connectivity index (χ2n) is 15.6. The number of fused-ring (bicyclic) bond motifs is 10. The fourth-order valence-electron chi connectivity index (χ4n) is 9.18. The van der Waals surface area contributed by atoms with Crippen LogP contribution in [-0.2, 0) is 0 Å². The molecule has 13 rings (SSSR count). The largest absolute Gasteiger partial charge is 0.455 e. The van der Waals surface area contributed by atoms with Gasteiger partial charge < -0.3 is 8.98 Å². The van der Waals surface area contributed by atoms with Gasteiger partial charge in [-0.2, -0.15) is 0 Å². The van der Waals surface area contributed by atoms with Crippen LogP contribution in [-0.4, -0.2) is 19.5 Å². The molecular formula is C55H32N4OS. The molecule has 4 heterocycles. The van der Waals surface area contributed by atoms with Crippen molar-refractivity contribution in [2.24, 2.45) is 0 Å². The van der Waals surface area contributed by atoms with E-state index in [1.807, 2.05) is 30.3 Å². The maximum absolute atomic E-state index is 6.75. The molecule has 0 spiro atoms. The van der Waals surface area contributed by atoms with Gasteiger partial charge in [-0.25, -0.2) is 15.0 Å². The summed E-state index contributed by atoms with van der Waals surface area (Å²) in [5.74, 6) is 1.84. The van der Waals surface area contributed by atoms with Gasteiger partial charge in [0, 0.05) is 69.5 Å². The SMILES string of the molecule is c1ccc(-c2nc(-c3ccc(-n4c5ccccc5c5cc6ccccc6cc54)c(-c4cccc5c4oc4ccccc45)c3)nc(-c3ccc4sc5ccccc5c4c3)n2)cc1. The van der Waals surface area contributed by atoms with Gasteiger partial charge in [-0.3, -0.25) is 0 Å². The van der Waals surface area contributed by atoms with Gasteiger partial charge in [-0.05, 0) is 77.5 Å². The van der Waals surface area contributed by atoms with Gasteiger partial charge in [0.2, 0.25) is 0 Å². The summed E-state index contributed by atoms with van der Waals surface area (Å²) >= 11 is 1.81. The van der Waals surface area contributed by atoms with Crippen molar-refractivity contribution in [2.45, 2.75) is 0 Å². The Bertz CT molecular complexity index is 3900. The summed E-state index contributed by atoms with van der Waals surface area (Å²) in [5, 5.41) is 9.41. The van der Waals surface area contributed by atoms with Crippen LogP contribution in [0, 0.1) is 0 Å². The zero-order chi connectivity index (χ0) is 40.0. The second-order valence-corrected chi connectivity index (χ2v) is 16.6. The predicted molar refractivity (Wildman–Crippen MR) is 254 cm³/mol. The maximum Gasteiger partial charge on any atom is 0.164 e. The van der Waals surface area contributed by atoms with E-state index in [9.17, 15) is 0 Å². The minimum Gasteiger partial charge on any atom is -0.455 e. The highest BCUT2D eigenvalue weighted by molar-refractivity contribution is 7.25. The molecule has 0 atom stereocenters. The lowest BCUT2D eigenvalue weighted by Crippen LogP contribution is -2.02. The molecule has 4 aromatic heterocycles. The number of nitrogens with zero attached hydrogens (tertiary/aromatic N) is 4. The predicted octanol–water partition coefficient (Wildman–Crippen LogP) is 15.1. The number of hydrogen-bond acceptors (Lipinski definition) is 5. The molecule has 0 aliphatic carbocycles. The summed E-state index contributed by atoms with van der Waals surface area (Å²) in [6, 6.07) is 68.6. The van der Waals surface area contributed by atoms with Crippen LogP contribution in [0.25, 0.3) is 126 Å². The maximum atomic E-state index is 6.75. The molecule has 0 aliphatic heterocycles. The first-order valence-electron chi connectivity index (χ1n) is 20.4. The van der Waals surface area contributed by atoms with Crippen LogP contribution in [0.5, 0.6) is 0 Å². The van der Waals surface area contributed by atoms with Crippen LogP contribution in [0.1, 0.15) is 0 Å². The summed E-state index contributed by atoms with van der Waals surface area (Å²) in [7, 11) is 0. The molecule has 5 nitrogen and oxygen atoms in total. The van der Waals surface area contributed by atoms with Crippen LogP contribution in [0.4, 0.5) is 0 Å². The Balaban J connectivity index is 1.09. The first-order valence-corrected chi connectivity index (χ1v) is 21.2. The highest BCUT2D eigenvalue weighted by Crippen LogP contribution is 2.43. The molecule has 0 unspecified atom stereocenters. The molecule has 0 bridgehead atoms. The third-order valence-electron chi connectivity index (χ3n) is 12.0. The quantitative estimate of drug-likeness (QED) is 0.174. The topological polar surface area (TPSA) is 56.7 Å². The molecule has 0 saturated heterocycles. The van der Waals surface area contributed by atoms with E-state index in [1.54, 1.807) is 11.3 Å². The second kappa shape index (κ2) is 13.3. The van der Waals surface area contributed by atoms with Crippen LogP contribution in [0.3, 0.4) is 0 Å². The third-order valence-corrected chi connectivity index (χ3v) is 13.2. The smallest absolute Gasteiger partial charge is 0.164 e. The van der Waals surface area contributed by atoms with E-state index in [0.29, 0.717) is 17.5 Å². The number of para-hydroxylation sites is 3. The fourth-order valence-corrected chi connectivity index (χ4v) is 10.3. The van der Waals surface area contributed by atoms with Gasteiger partial charge in [0.1, 0.15) is 11.2 Å². The van der Waals surface area contributed by atoms with Crippen molar-refractivity contribution in [2.75, 3.05) is 0 Å². The summed E-state index contributed by atoms with van der Waals surface area (Å²) in [6.07, 6.45) is 0. The monoisotopic (exact) mass is 796 g/mol. The summed E-state index contributed by atoms with van der Waals surface area (Å²) in [6.45, 7) is 0. The molecule has 0 aliphatic rings. The van der Waals surface area contributed by atoms with Crippen molar-refractivity contribution in [3.05, 3.63) is 194 Å². The number of furan rings is 1. The van der Waals surface area contributed by atoms with E-state index < -0.39 is 0 Å². The lowest BCUT2D eigenvalue weighted by molar-refractivity contribution is 0.670. The molecule has 0 radical (unpaired) electrons. The molecular weight excluding hydrogens is 765 g/mol. The lowest BCUT2D eigenvalue weighted by atomic mass is 9.97. The first-order chi connectivity index (χ1) is 30.2. The molecule has 61 heavy (non-hydrogen) atoms. The average molecular weight is 797 g/mol. The standard InChI is InChI=1S/C55H32N4OS/c1-2-13-33(14-3-1)53-56-54(58-55(57-53)37-26-28-51-45(31-37)40-19-8-11-24-50(40)61-51)36-25-27-47(44(30-36)42-21-12-20-41-39-18-7-10-23-49(39)60-52(41)42)59-46-22-9-6-17-38(46)43-29-34-15-4-5-16-35(34)32-48(43)59/h1-32H. The summed E-state index contributed by atoms with van der Waals surface area (Å²) in [5.41, 5.74) is 9.74. The van der Waals surface area contributed by atoms with Gasteiger partial charge in [-0.1, -0.05) is 127 Å². The van der Waals surface area contributed by atoms with Crippen molar-refractivity contribution in [3.8, 4) is 51.0 Å². The molecule has 0 fully saturated rings. The zero-order valence-electron chi connectivity index (χ0n) is 32.6. The Morgan fingerprint density at radius 3 is 1.87 bits per heavy atom. The average Bonchev–Trinajstić information content (AvgIpc) is 4.00. The van der Waals surface area contributed by atoms with Crippen molar-refractivity contribution < 1.29 is 4.42 Å². The summed E-state index contributed by atoms with van der Waals surface area (Å²) in [4.78, 5) is 15.6. The van der Waals surface area contributed by atoms with Gasteiger partial charge in [0.15, 0.2) is 17.5 Å². The molecule has 0 amide bonds. The Labute approximate surface area is 353 Å². The van der Waals surface area contributed by atoms with E-state index in [1.165, 1.54) is 41.7 Å². The van der Waals surface area contributed by atoms with Gasteiger partial charge in [0.05, 0.1) is 16.7 Å². The minimum absolute atomic E-state index is 0.594. The highest BCUT2D eigenvalue weighted by atomic mass is 32.1. The van der Waals surface area contributed by atoms with E-state index in [-0.39, 0.29) is 0 Å². The lowest BCUT2D eigenvalue weighted by Gasteiger charge is -2.16. The Morgan fingerprint density at radius 2 is 1.02 bits per heavy atom. The van der Waals surface area contributed by atoms with Crippen LogP contribution in [0.2, 0.25) is 0 Å². The van der Waals surface area contributed by atoms with Gasteiger partial charge >= 0.3 is 0 Å². The Morgan fingerprint density at radius 1 is 0.377 bits per heavy atom. The molecule has 284 valence electrons.